The molecule has 7 nitrogen and oxygen atoms in total. The van der Waals surface area contributed by atoms with Crippen molar-refractivity contribution in [2.75, 3.05) is 25.0 Å². The van der Waals surface area contributed by atoms with Crippen molar-refractivity contribution >= 4 is 44.9 Å². The number of pyridine rings is 1. The number of rotatable bonds is 3. The van der Waals surface area contributed by atoms with Crippen LogP contribution < -0.4 is 4.90 Å². The Hall–Kier alpha value is -3.00. The van der Waals surface area contributed by atoms with Crippen LogP contribution in [-0.2, 0) is 0 Å². The summed E-state index contributed by atoms with van der Waals surface area (Å²) in [5, 5.41) is 0. The Kier molecular flexibility index (Phi) is 4.72. The van der Waals surface area contributed by atoms with Crippen molar-refractivity contribution in [1.82, 2.24) is 19.9 Å². The van der Waals surface area contributed by atoms with Gasteiger partial charge in [0.15, 0.2) is 5.65 Å². The highest BCUT2D eigenvalue weighted by Gasteiger charge is 2.21. The Morgan fingerprint density at radius 2 is 1.96 bits per heavy atom. The van der Waals surface area contributed by atoms with Gasteiger partial charge in [0, 0.05) is 41.9 Å². The number of fused-ring (bicyclic) bond motifs is 1. The van der Waals surface area contributed by atoms with Gasteiger partial charge in [-0.3, -0.25) is 14.5 Å². The van der Waals surface area contributed by atoms with Crippen LogP contribution >= 0.6 is 15.9 Å². The highest BCUT2D eigenvalue weighted by atomic mass is 79.9. The van der Waals surface area contributed by atoms with Gasteiger partial charge in [0.2, 0.25) is 5.95 Å². The van der Waals surface area contributed by atoms with E-state index in [9.17, 15) is 9.59 Å². The number of carbonyl (C=O) groups is 2. The van der Waals surface area contributed by atoms with E-state index in [2.05, 4.69) is 30.9 Å². The molecule has 1 aromatic carbocycles. The molecule has 1 aliphatic rings. The second kappa shape index (κ2) is 7.20. The van der Waals surface area contributed by atoms with Gasteiger partial charge < -0.3 is 9.88 Å². The maximum atomic E-state index is 12.9. The maximum Gasteiger partial charge on any atom is 0.260 e. The number of anilines is 1. The maximum absolute atomic E-state index is 12.9. The predicted molar refractivity (Wildman–Crippen MR) is 111 cm³/mol. The van der Waals surface area contributed by atoms with Crippen molar-refractivity contribution in [3.8, 4) is 0 Å². The molecule has 28 heavy (non-hydrogen) atoms. The molecular weight excluding hydrogens is 422 g/mol. The summed E-state index contributed by atoms with van der Waals surface area (Å²) in [5.74, 6) is 0.165. The van der Waals surface area contributed by atoms with E-state index in [0.717, 1.165) is 15.6 Å². The van der Waals surface area contributed by atoms with E-state index in [1.54, 1.807) is 36.3 Å². The van der Waals surface area contributed by atoms with Gasteiger partial charge in [-0.05, 0) is 52.7 Å². The van der Waals surface area contributed by atoms with Gasteiger partial charge in [0.1, 0.15) is 0 Å². The summed E-state index contributed by atoms with van der Waals surface area (Å²) in [6.07, 6.45) is 5.60. The molecule has 0 atom stereocenters. The number of halogens is 1. The number of carbonyl (C=O) groups excluding carboxylic acids is 2. The molecule has 0 aliphatic carbocycles. The monoisotopic (exact) mass is 439 g/mol. The van der Waals surface area contributed by atoms with E-state index in [4.69, 9.17) is 0 Å². The lowest BCUT2D eigenvalue weighted by Crippen LogP contribution is -2.30. The molecule has 8 heteroatoms. The highest BCUT2D eigenvalue weighted by Crippen LogP contribution is 2.21. The van der Waals surface area contributed by atoms with Gasteiger partial charge in [-0.2, -0.15) is 4.98 Å². The van der Waals surface area contributed by atoms with Gasteiger partial charge >= 0.3 is 0 Å². The van der Waals surface area contributed by atoms with Crippen LogP contribution in [0.4, 0.5) is 5.95 Å². The smallest absolute Gasteiger partial charge is 0.260 e. The number of aryl methyl sites for hydroxylation is 1. The molecule has 2 amide bonds. The second-order valence-electron chi connectivity index (χ2n) is 6.66. The van der Waals surface area contributed by atoms with Crippen LogP contribution in [-0.4, -0.2) is 51.8 Å². The normalized spacial score (nSPS) is 13.3. The minimum Gasteiger partial charge on any atom is -0.331 e. The first-order valence-electron chi connectivity index (χ1n) is 8.78. The first-order valence-corrected chi connectivity index (χ1v) is 9.57. The average molecular weight is 440 g/mol. The lowest BCUT2D eigenvalue weighted by Gasteiger charge is -2.18. The van der Waals surface area contributed by atoms with E-state index >= 15 is 0 Å². The first kappa shape index (κ1) is 18.4. The molecule has 0 bridgehead atoms. The van der Waals surface area contributed by atoms with Crippen molar-refractivity contribution in [3.63, 3.8) is 0 Å². The summed E-state index contributed by atoms with van der Waals surface area (Å²) < 4.78 is 0.827. The number of aromatic amines is 1. The third-order valence-electron chi connectivity index (χ3n) is 4.72. The van der Waals surface area contributed by atoms with Crippen LogP contribution in [0.15, 0.2) is 47.1 Å². The Labute approximate surface area is 170 Å². The summed E-state index contributed by atoms with van der Waals surface area (Å²) in [6.45, 7) is 3.09. The summed E-state index contributed by atoms with van der Waals surface area (Å²) >= 11 is 3.37. The molecule has 0 radical (unpaired) electrons. The van der Waals surface area contributed by atoms with Gasteiger partial charge in [-0.15, -0.1) is 0 Å². The highest BCUT2D eigenvalue weighted by molar-refractivity contribution is 9.10. The molecule has 1 N–H and O–H groups in total. The summed E-state index contributed by atoms with van der Waals surface area (Å²) in [5.41, 5.74) is 3.15. The molecule has 0 saturated heterocycles. The minimum atomic E-state index is -0.219. The third kappa shape index (κ3) is 3.31. The molecule has 0 spiro atoms. The Morgan fingerprint density at radius 1 is 1.21 bits per heavy atom. The van der Waals surface area contributed by atoms with Gasteiger partial charge in [-0.25, -0.2) is 4.98 Å². The second-order valence-corrected chi connectivity index (χ2v) is 7.58. The van der Waals surface area contributed by atoms with Crippen LogP contribution in [0.5, 0.6) is 0 Å². The number of benzene rings is 1. The minimum absolute atomic E-state index is 0.0243. The van der Waals surface area contributed by atoms with E-state index in [-0.39, 0.29) is 11.8 Å². The van der Waals surface area contributed by atoms with Crippen LogP contribution in [0.25, 0.3) is 11.2 Å². The average Bonchev–Trinajstić information content (AvgIpc) is 3.35. The molecular formula is C20H18BrN5O2. The van der Waals surface area contributed by atoms with Crippen molar-refractivity contribution < 1.29 is 9.59 Å². The number of aromatic nitrogens is 3. The molecule has 2 aromatic heterocycles. The lowest BCUT2D eigenvalue weighted by molar-refractivity contribution is 0.0798. The zero-order valence-electron chi connectivity index (χ0n) is 15.4. The van der Waals surface area contributed by atoms with E-state index in [1.165, 1.54) is 4.90 Å². The van der Waals surface area contributed by atoms with Crippen LogP contribution in [0.2, 0.25) is 0 Å². The predicted octanol–water partition coefficient (Wildman–Crippen LogP) is 3.32. The standard InChI is InChI=1S/C20H18BrN5O2/c1-12-9-13(5-6-15(12)19(28)26-7-3-4-8-26)18(27)25(2)20-23-16-10-14(21)11-22-17(16)24-20/h3-6,9-11H,7-8H2,1-2H3,(H,22,23,24). The number of amides is 2. The fourth-order valence-electron chi connectivity index (χ4n) is 3.16. The SMILES string of the molecule is Cc1cc(C(=O)N(C)c2nc3ncc(Br)cc3[nH]2)ccc1C(=O)N1CC=CC1. The Bertz CT molecular complexity index is 1110. The van der Waals surface area contributed by atoms with Gasteiger partial charge in [-0.1, -0.05) is 12.2 Å². The zero-order valence-corrected chi connectivity index (χ0v) is 17.0. The fraction of sp³-hybridized carbons (Fsp3) is 0.200. The number of nitrogens with one attached hydrogen (secondary N) is 1. The molecule has 0 unspecified atom stereocenters. The molecule has 4 rings (SSSR count). The van der Waals surface area contributed by atoms with Crippen LogP contribution in [0.1, 0.15) is 26.3 Å². The topological polar surface area (TPSA) is 82.2 Å². The van der Waals surface area contributed by atoms with Crippen LogP contribution in [0.3, 0.4) is 0 Å². The number of nitrogens with zero attached hydrogens (tertiary/aromatic N) is 4. The van der Waals surface area contributed by atoms with Crippen LogP contribution in [0, 0.1) is 6.92 Å². The van der Waals surface area contributed by atoms with E-state index in [0.29, 0.717) is 35.8 Å². The molecule has 3 heterocycles. The van der Waals surface area contributed by atoms with Crippen molar-refractivity contribution in [1.29, 1.82) is 0 Å². The number of H-pyrrole nitrogens is 1. The summed E-state index contributed by atoms with van der Waals surface area (Å²) in [4.78, 5) is 40.4. The zero-order chi connectivity index (χ0) is 19.8. The van der Waals surface area contributed by atoms with Crippen molar-refractivity contribution in [3.05, 3.63) is 63.8 Å². The Morgan fingerprint density at radius 3 is 2.68 bits per heavy atom. The summed E-state index contributed by atoms with van der Waals surface area (Å²) in [7, 11) is 1.65. The quantitative estimate of drug-likeness (QED) is 0.634. The molecule has 142 valence electrons. The molecule has 0 saturated carbocycles. The summed E-state index contributed by atoms with van der Waals surface area (Å²) in [6, 6.07) is 7.00. The molecule has 0 fully saturated rings. The molecule has 3 aromatic rings. The van der Waals surface area contributed by atoms with E-state index < -0.39 is 0 Å². The first-order chi connectivity index (χ1) is 13.4. The largest absolute Gasteiger partial charge is 0.331 e. The van der Waals surface area contributed by atoms with Gasteiger partial charge in [0.05, 0.1) is 5.52 Å². The number of imidazole rings is 1. The molecule has 1 aliphatic heterocycles. The van der Waals surface area contributed by atoms with E-state index in [1.807, 2.05) is 25.1 Å². The Balaban J connectivity index is 1.58. The van der Waals surface area contributed by atoms with Gasteiger partial charge in [0.25, 0.3) is 11.8 Å². The number of hydrogen-bond donors (Lipinski definition) is 1. The third-order valence-corrected chi connectivity index (χ3v) is 5.16. The lowest BCUT2D eigenvalue weighted by atomic mass is 10.0. The van der Waals surface area contributed by atoms with Crippen molar-refractivity contribution in [2.45, 2.75) is 6.92 Å². The fourth-order valence-corrected chi connectivity index (χ4v) is 3.49. The van der Waals surface area contributed by atoms with Crippen molar-refractivity contribution in [2.24, 2.45) is 0 Å². The number of hydrogen-bond acceptors (Lipinski definition) is 4.